The first-order valence-electron chi connectivity index (χ1n) is 3.63. The van der Waals surface area contributed by atoms with Crippen LogP contribution in [0.3, 0.4) is 0 Å². The summed E-state index contributed by atoms with van der Waals surface area (Å²) in [7, 11) is 0. The largest absolute Gasteiger partial charge is 0.482 e. The Balaban J connectivity index is 2.60. The lowest BCUT2D eigenvalue weighted by molar-refractivity contribution is -0.139. The van der Waals surface area contributed by atoms with E-state index in [4.69, 9.17) is 16.3 Å². The molecule has 1 aromatic rings. The van der Waals surface area contributed by atoms with Gasteiger partial charge in [-0.05, 0) is 24.3 Å². The molecule has 0 atom stereocenters. The van der Waals surface area contributed by atoms with E-state index in [2.05, 4.69) is 5.92 Å². The maximum absolute atomic E-state index is 10.1. The van der Waals surface area contributed by atoms with Crippen LogP contribution < -0.4 is 4.74 Å². The Morgan fingerprint density at radius 1 is 1.46 bits per heavy atom. The van der Waals surface area contributed by atoms with Crippen LogP contribution in [0.15, 0.2) is 24.3 Å². The summed E-state index contributed by atoms with van der Waals surface area (Å²) in [6, 6.07) is 6.66. The summed E-state index contributed by atoms with van der Waals surface area (Å²) in [6.07, 6.45) is 5.14. The molecule has 0 aliphatic carbocycles. The number of terminal acetylenes is 1. The molecule has 0 saturated carbocycles. The van der Waals surface area contributed by atoms with Crippen LogP contribution in [0.2, 0.25) is 0 Å². The number of ether oxygens (including phenoxy) is 1. The molecule has 1 N–H and O–H groups in total. The van der Waals surface area contributed by atoms with E-state index >= 15 is 0 Å². The highest BCUT2D eigenvalue weighted by molar-refractivity contribution is 5.68. The second-order valence-corrected chi connectivity index (χ2v) is 2.35. The number of rotatable bonds is 3. The molecule has 0 spiro atoms. The van der Waals surface area contributed by atoms with Gasteiger partial charge >= 0.3 is 5.97 Å². The van der Waals surface area contributed by atoms with Crippen molar-refractivity contribution in [1.82, 2.24) is 0 Å². The van der Waals surface area contributed by atoms with E-state index in [1.807, 2.05) is 0 Å². The predicted octanol–water partition coefficient (Wildman–Crippen LogP) is 1.13. The lowest BCUT2D eigenvalue weighted by Gasteiger charge is -2.01. The normalized spacial score (nSPS) is 8.85. The number of carbonyl (C=O) groups is 1. The van der Waals surface area contributed by atoms with Gasteiger partial charge in [-0.25, -0.2) is 4.79 Å². The van der Waals surface area contributed by atoms with E-state index in [9.17, 15) is 4.79 Å². The minimum Gasteiger partial charge on any atom is -0.482 e. The first-order chi connectivity index (χ1) is 6.22. The van der Waals surface area contributed by atoms with Crippen LogP contribution in [0.4, 0.5) is 0 Å². The number of aliphatic carboxylic acids is 1. The molecule has 1 aromatic carbocycles. The van der Waals surface area contributed by atoms with Crippen molar-refractivity contribution in [2.75, 3.05) is 6.61 Å². The van der Waals surface area contributed by atoms with Gasteiger partial charge in [0.05, 0.1) is 0 Å². The Hall–Kier alpha value is -1.95. The van der Waals surface area contributed by atoms with Crippen molar-refractivity contribution in [1.29, 1.82) is 0 Å². The molecule has 0 radical (unpaired) electrons. The number of hydrogen-bond acceptors (Lipinski definition) is 2. The second kappa shape index (κ2) is 4.17. The third-order valence-electron chi connectivity index (χ3n) is 1.38. The Bertz CT molecular complexity index is 332. The fraction of sp³-hybridized carbons (Fsp3) is 0.100. The SMILES string of the molecule is C#Cc1ccc(OCC(=O)O)cc1. The Labute approximate surface area is 76.0 Å². The van der Waals surface area contributed by atoms with E-state index in [1.54, 1.807) is 24.3 Å². The summed E-state index contributed by atoms with van der Waals surface area (Å²) in [5, 5.41) is 8.32. The molecule has 3 nitrogen and oxygen atoms in total. The van der Waals surface area contributed by atoms with E-state index in [1.165, 1.54) is 0 Å². The quantitative estimate of drug-likeness (QED) is 0.702. The summed E-state index contributed by atoms with van der Waals surface area (Å²) < 4.78 is 4.90. The number of hydrogen-bond donors (Lipinski definition) is 1. The predicted molar refractivity (Wildman–Crippen MR) is 47.5 cm³/mol. The molecular weight excluding hydrogens is 168 g/mol. The van der Waals surface area contributed by atoms with Crippen molar-refractivity contribution in [3.63, 3.8) is 0 Å². The van der Waals surface area contributed by atoms with Gasteiger partial charge in [0.15, 0.2) is 6.61 Å². The van der Waals surface area contributed by atoms with Crippen molar-refractivity contribution in [3.05, 3.63) is 29.8 Å². The summed E-state index contributed by atoms with van der Waals surface area (Å²) in [6.45, 7) is -0.338. The van der Waals surface area contributed by atoms with Gasteiger partial charge in [-0.2, -0.15) is 0 Å². The minimum atomic E-state index is -0.999. The standard InChI is InChI=1S/C10H8O3/c1-2-8-3-5-9(6-4-8)13-7-10(11)12/h1,3-6H,7H2,(H,11,12). The van der Waals surface area contributed by atoms with Crippen LogP contribution in [0.1, 0.15) is 5.56 Å². The lowest BCUT2D eigenvalue weighted by atomic mass is 10.2. The topological polar surface area (TPSA) is 46.5 Å². The fourth-order valence-electron chi connectivity index (χ4n) is 0.792. The maximum Gasteiger partial charge on any atom is 0.341 e. The first-order valence-corrected chi connectivity index (χ1v) is 3.63. The van der Waals surface area contributed by atoms with E-state index < -0.39 is 5.97 Å². The monoisotopic (exact) mass is 176 g/mol. The van der Waals surface area contributed by atoms with E-state index in [0.717, 1.165) is 5.56 Å². The highest BCUT2D eigenvalue weighted by Gasteiger charge is 1.97. The molecule has 0 unspecified atom stereocenters. The molecule has 0 aliphatic rings. The van der Waals surface area contributed by atoms with Gasteiger partial charge in [0.2, 0.25) is 0 Å². The third-order valence-corrected chi connectivity index (χ3v) is 1.38. The smallest absolute Gasteiger partial charge is 0.341 e. The number of carboxylic acid groups (broad SMARTS) is 1. The Morgan fingerprint density at radius 2 is 2.08 bits per heavy atom. The zero-order valence-corrected chi connectivity index (χ0v) is 6.86. The third kappa shape index (κ3) is 2.88. The van der Waals surface area contributed by atoms with Gasteiger partial charge in [-0.1, -0.05) is 5.92 Å². The Kier molecular flexibility index (Phi) is 2.93. The van der Waals surface area contributed by atoms with Crippen LogP contribution in [0.5, 0.6) is 5.75 Å². The number of carboxylic acids is 1. The molecular formula is C10H8O3. The van der Waals surface area contributed by atoms with Gasteiger partial charge in [0.1, 0.15) is 5.75 Å². The molecule has 0 bridgehead atoms. The van der Waals surface area contributed by atoms with Gasteiger partial charge in [-0.3, -0.25) is 0 Å². The lowest BCUT2D eigenvalue weighted by Crippen LogP contribution is -2.09. The molecule has 0 heterocycles. The summed E-state index contributed by atoms with van der Waals surface area (Å²) in [5.41, 5.74) is 0.739. The summed E-state index contributed by atoms with van der Waals surface area (Å²) in [5.74, 6) is 1.95. The maximum atomic E-state index is 10.1. The minimum absolute atomic E-state index is 0.338. The molecule has 0 aromatic heterocycles. The van der Waals surface area contributed by atoms with Gasteiger partial charge in [-0.15, -0.1) is 6.42 Å². The van der Waals surface area contributed by atoms with Crippen LogP contribution >= 0.6 is 0 Å². The van der Waals surface area contributed by atoms with Crippen molar-refractivity contribution in [3.8, 4) is 18.1 Å². The molecule has 3 heteroatoms. The molecule has 13 heavy (non-hydrogen) atoms. The van der Waals surface area contributed by atoms with E-state index in [-0.39, 0.29) is 6.61 Å². The molecule has 66 valence electrons. The zero-order chi connectivity index (χ0) is 9.68. The molecule has 0 saturated heterocycles. The first kappa shape index (κ1) is 9.14. The molecule has 0 amide bonds. The van der Waals surface area contributed by atoms with Crippen LogP contribution in [-0.4, -0.2) is 17.7 Å². The fourth-order valence-corrected chi connectivity index (χ4v) is 0.792. The van der Waals surface area contributed by atoms with Crippen molar-refractivity contribution < 1.29 is 14.6 Å². The number of benzene rings is 1. The van der Waals surface area contributed by atoms with Gasteiger partial charge in [0.25, 0.3) is 0 Å². The van der Waals surface area contributed by atoms with Gasteiger partial charge < -0.3 is 9.84 Å². The summed E-state index contributed by atoms with van der Waals surface area (Å²) >= 11 is 0. The molecule has 0 aliphatic heterocycles. The van der Waals surface area contributed by atoms with Crippen LogP contribution in [0, 0.1) is 12.3 Å². The summed E-state index contributed by atoms with van der Waals surface area (Å²) in [4.78, 5) is 10.1. The average molecular weight is 176 g/mol. The van der Waals surface area contributed by atoms with Crippen LogP contribution in [0.25, 0.3) is 0 Å². The average Bonchev–Trinajstić information content (AvgIpc) is 2.15. The Morgan fingerprint density at radius 3 is 2.54 bits per heavy atom. The van der Waals surface area contributed by atoms with E-state index in [0.29, 0.717) is 5.75 Å². The highest BCUT2D eigenvalue weighted by Crippen LogP contribution is 2.10. The van der Waals surface area contributed by atoms with Crippen molar-refractivity contribution in [2.45, 2.75) is 0 Å². The van der Waals surface area contributed by atoms with Gasteiger partial charge in [0, 0.05) is 5.56 Å². The molecule has 0 fully saturated rings. The van der Waals surface area contributed by atoms with Crippen molar-refractivity contribution >= 4 is 5.97 Å². The molecule has 1 rings (SSSR count). The van der Waals surface area contributed by atoms with Crippen LogP contribution in [-0.2, 0) is 4.79 Å². The van der Waals surface area contributed by atoms with Crippen molar-refractivity contribution in [2.24, 2.45) is 0 Å². The zero-order valence-electron chi connectivity index (χ0n) is 6.86. The second-order valence-electron chi connectivity index (χ2n) is 2.35. The highest BCUT2D eigenvalue weighted by atomic mass is 16.5.